The van der Waals surface area contributed by atoms with Gasteiger partial charge in [0.2, 0.25) is 0 Å². The van der Waals surface area contributed by atoms with Crippen molar-refractivity contribution in [2.24, 2.45) is 0 Å². The van der Waals surface area contributed by atoms with Gasteiger partial charge in [0, 0.05) is 30.1 Å². The number of anilines is 2. The van der Waals surface area contributed by atoms with Crippen molar-refractivity contribution >= 4 is 88.1 Å². The predicted molar refractivity (Wildman–Crippen MR) is 303 cm³/mol. The summed E-state index contributed by atoms with van der Waals surface area (Å²) < 4.78 is 57.8. The molecule has 0 amide bonds. The molecule has 9 aromatic rings. The number of sulfone groups is 1. The Labute approximate surface area is 456 Å². The molecule has 2 N–H and O–H groups in total. The first-order chi connectivity index (χ1) is 36.5. The van der Waals surface area contributed by atoms with Crippen LogP contribution in [0.25, 0.3) is 11.4 Å². The molecule has 2 aliphatic rings. The third kappa shape index (κ3) is 14.0. The number of morpholine rings is 1. The Morgan fingerprint density at radius 1 is 0.653 bits per heavy atom. The first kappa shape index (κ1) is 55.5. The Bertz CT molecular complexity index is 2970. The van der Waals surface area contributed by atoms with Crippen LogP contribution in [-0.2, 0) is 35.3 Å². The zero-order chi connectivity index (χ0) is 52.6. The SMILES string of the molecule is C[C@H]1COCCN1c1cc(C2(S(=O)(=O)c3cnn(C(F)F)c3)CC2)nc(-c2ccc(N)cc2)n1.[Cl][Pd][Cl].c1ccc(P(c2ccccc2)c2ccccc2)cc1.c1ccc(P(c2ccccc2)c2ccccc2)cc1. The van der Waals surface area contributed by atoms with Crippen LogP contribution in [0.1, 0.15) is 32.0 Å². The zero-order valence-electron chi connectivity index (χ0n) is 40.7. The second-order valence-corrected chi connectivity index (χ2v) is 26.4. The van der Waals surface area contributed by atoms with Gasteiger partial charge in [-0.3, -0.25) is 0 Å². The summed E-state index contributed by atoms with van der Waals surface area (Å²) in [7, 11) is 4.71. The van der Waals surface area contributed by atoms with E-state index >= 15 is 0 Å². The van der Waals surface area contributed by atoms with Gasteiger partial charge in [-0.05, 0) is 91.7 Å². The fraction of sp³-hybridized carbons (Fsp3) is 0.155. The van der Waals surface area contributed by atoms with Crippen molar-refractivity contribution in [1.82, 2.24) is 19.7 Å². The summed E-state index contributed by atoms with van der Waals surface area (Å²) in [5.41, 5.74) is 7.43. The van der Waals surface area contributed by atoms with Crippen molar-refractivity contribution in [2.75, 3.05) is 30.4 Å². The van der Waals surface area contributed by atoms with Crippen LogP contribution in [0.5, 0.6) is 0 Å². The van der Waals surface area contributed by atoms with Crippen molar-refractivity contribution in [1.29, 1.82) is 0 Å². The van der Waals surface area contributed by atoms with Crippen molar-refractivity contribution in [3.8, 4) is 11.4 Å². The molecule has 9 nitrogen and oxygen atoms in total. The van der Waals surface area contributed by atoms with E-state index in [2.05, 4.69) is 197 Å². The van der Waals surface area contributed by atoms with E-state index in [9.17, 15) is 17.2 Å². The third-order valence-electron chi connectivity index (χ3n) is 12.4. The number of hydrogen-bond donors (Lipinski definition) is 1. The fourth-order valence-corrected chi connectivity index (χ4v) is 15.1. The minimum atomic E-state index is -4.03. The third-order valence-corrected chi connectivity index (χ3v) is 19.8. The quantitative estimate of drug-likeness (QED) is 0.0731. The molecule has 388 valence electrons. The molecule has 0 radical (unpaired) electrons. The smallest absolute Gasteiger partial charge is 0.0134 e. The maximum atomic E-state index is 13.6. The maximum absolute atomic E-state index is 13.6. The monoisotopic (exact) mass is 1190 g/mol. The van der Waals surface area contributed by atoms with E-state index < -0.39 is 37.0 Å². The topological polar surface area (TPSA) is 116 Å². The number of ether oxygens (including phenoxy) is 1. The van der Waals surface area contributed by atoms with E-state index in [1.54, 1.807) is 30.3 Å². The molecule has 7 aromatic carbocycles. The Balaban J connectivity index is 0.000000155. The number of alkyl halides is 2. The first-order valence-corrected chi connectivity index (χ1v) is 32.1. The second-order valence-electron chi connectivity index (χ2n) is 17.3. The van der Waals surface area contributed by atoms with Crippen LogP contribution in [0.15, 0.2) is 230 Å². The van der Waals surface area contributed by atoms with Gasteiger partial charge in [-0.2, -0.15) is 13.9 Å². The van der Waals surface area contributed by atoms with Crippen LogP contribution in [0, 0.1) is 0 Å². The van der Waals surface area contributed by atoms with Gasteiger partial charge in [0.1, 0.15) is 15.5 Å². The fourth-order valence-electron chi connectivity index (χ4n) is 8.57. The molecule has 1 aliphatic carbocycles. The molecule has 11 rings (SSSR count). The maximum Gasteiger partial charge on any atom is -0.0134 e. The first-order valence-electron chi connectivity index (χ1n) is 23.9. The number of hydrogen-bond acceptors (Lipinski definition) is 8. The summed E-state index contributed by atoms with van der Waals surface area (Å²) >= 11 is -0.106. The number of nitrogens with two attached hydrogens (primary N) is 1. The molecule has 3 heterocycles. The van der Waals surface area contributed by atoms with Crippen LogP contribution in [0.4, 0.5) is 20.3 Å². The van der Waals surface area contributed by atoms with E-state index in [0.29, 0.717) is 65.9 Å². The number of aromatic nitrogens is 4. The summed E-state index contributed by atoms with van der Waals surface area (Å²) in [5, 5.41) is 11.9. The molecule has 17 heteroatoms. The number of rotatable bonds is 12. The Hall–Kier alpha value is -5.70. The largest absolute Gasteiger partial charge is 0.0622 e. The molecule has 0 spiro atoms. The number of nitrogens with zero attached hydrogens (tertiary/aromatic N) is 5. The van der Waals surface area contributed by atoms with Gasteiger partial charge < -0.3 is 15.4 Å². The number of nitrogen functional groups attached to an aromatic ring is 1. The Morgan fingerprint density at radius 2 is 1.05 bits per heavy atom. The van der Waals surface area contributed by atoms with Crippen molar-refractivity contribution in [3.05, 3.63) is 230 Å². The van der Waals surface area contributed by atoms with Crippen LogP contribution >= 0.6 is 34.9 Å². The minimum Gasteiger partial charge on any atom is -0.0622 e. The molecular formula is C58H54Cl2F2N6O3P2PdS. The second kappa shape index (κ2) is 26.9. The van der Waals surface area contributed by atoms with Crippen LogP contribution < -0.4 is 42.5 Å². The average Bonchev–Trinajstić information content (AvgIpc) is 4.13. The van der Waals surface area contributed by atoms with Gasteiger partial charge in [0.05, 0.1) is 31.1 Å². The summed E-state index contributed by atoms with van der Waals surface area (Å²) in [6.07, 6.45) is 2.48. The normalized spacial score (nSPS) is 14.7. The molecule has 2 aromatic heterocycles. The van der Waals surface area contributed by atoms with Gasteiger partial charge >= 0.3 is 41.5 Å². The van der Waals surface area contributed by atoms with Gasteiger partial charge in [0.25, 0.3) is 0 Å². The Morgan fingerprint density at radius 3 is 1.40 bits per heavy atom. The standard InChI is InChI=1S/C22H24F2N6O3S.2C18H15P.2ClH.Pd/c1-14-13-33-9-8-29(14)19-10-18(27-20(28-19)15-2-4-16(25)5-3-15)22(6-7-22)34(31,32)17-11-26-30(12-17)21(23)24;2*1-4-10-16(11-5-1)19(17-12-6-2-7-13-17)18-14-8-3-9-15-18;;;/h2-5,10-12,14,21H,6-9,13,25H2,1H3;2*1-15H;2*1H;/q;;;;;+2/p-2/t14-;;;;;/m0...../s1. The van der Waals surface area contributed by atoms with E-state index in [1.807, 2.05) is 6.92 Å². The van der Waals surface area contributed by atoms with Crippen molar-refractivity contribution in [3.63, 3.8) is 0 Å². The van der Waals surface area contributed by atoms with Gasteiger partial charge in [0.15, 0.2) is 15.7 Å². The number of halogens is 4. The van der Waals surface area contributed by atoms with E-state index in [-0.39, 0.29) is 26.9 Å². The molecule has 1 saturated carbocycles. The van der Waals surface area contributed by atoms with Crippen molar-refractivity contribution < 1.29 is 37.9 Å². The number of benzene rings is 7. The Kier molecular flexibility index (Phi) is 19.9. The predicted octanol–water partition coefficient (Wildman–Crippen LogP) is 11.3. The van der Waals surface area contributed by atoms with Crippen LogP contribution in [0.3, 0.4) is 0 Å². The molecule has 2 fully saturated rings. The zero-order valence-corrected chi connectivity index (χ0v) is 46.4. The van der Waals surface area contributed by atoms with Crippen molar-refractivity contribution in [2.45, 2.75) is 42.0 Å². The summed E-state index contributed by atoms with van der Waals surface area (Å²) in [4.78, 5) is 11.2. The molecule has 75 heavy (non-hydrogen) atoms. The minimum absolute atomic E-state index is 0.0341. The molecule has 1 saturated heterocycles. The van der Waals surface area contributed by atoms with Gasteiger partial charge in [-0.15, -0.1) is 0 Å². The molecule has 1 atom stereocenters. The van der Waals surface area contributed by atoms with Gasteiger partial charge in [-0.1, -0.05) is 182 Å². The summed E-state index contributed by atoms with van der Waals surface area (Å²) in [6, 6.07) is 73.4. The van der Waals surface area contributed by atoms with Crippen LogP contribution in [-0.4, -0.2) is 54.0 Å². The molecule has 0 bridgehead atoms. The van der Waals surface area contributed by atoms with E-state index in [4.69, 9.17) is 34.5 Å². The van der Waals surface area contributed by atoms with E-state index in [1.165, 1.54) is 31.8 Å². The van der Waals surface area contributed by atoms with E-state index in [0.717, 1.165) is 12.4 Å². The summed E-state index contributed by atoms with van der Waals surface area (Å²) in [5.74, 6) is 0.966. The van der Waals surface area contributed by atoms with Gasteiger partial charge in [-0.25, -0.2) is 23.1 Å². The van der Waals surface area contributed by atoms with Crippen LogP contribution in [0.2, 0.25) is 0 Å². The molecule has 1 aliphatic heterocycles. The molecular weight excluding hydrogens is 1140 g/mol. The summed E-state index contributed by atoms with van der Waals surface area (Å²) in [6.45, 7) is 0.722. The molecule has 0 unspecified atom stereocenters. The average molecular weight is 1190 g/mol.